The topological polar surface area (TPSA) is 76.1 Å². The molecule has 2 heterocycles. The van der Waals surface area contributed by atoms with E-state index in [0.29, 0.717) is 29.7 Å². The number of carbonyl (C=O) groups excluding carboxylic acids is 1. The maximum absolute atomic E-state index is 12.4. The molecule has 2 N–H and O–H groups in total. The molecule has 1 aliphatic carbocycles. The summed E-state index contributed by atoms with van der Waals surface area (Å²) in [7, 11) is 0. The standard InChI is InChI=1S/C15H14N2O2S/c1-8-4-11(18)14-12(5-8)19-15(17)10(6-16)13(14)9-2-3-20-7-9/h2-3,7-8,13H,4-5,17H2,1H3/t8-,13+/m1/s1. The molecule has 5 heteroatoms. The van der Waals surface area contributed by atoms with Crippen molar-refractivity contribution in [2.24, 2.45) is 11.7 Å². The van der Waals surface area contributed by atoms with Crippen LogP contribution in [0.1, 0.15) is 31.2 Å². The number of hydrogen-bond acceptors (Lipinski definition) is 5. The molecule has 20 heavy (non-hydrogen) atoms. The van der Waals surface area contributed by atoms with E-state index < -0.39 is 0 Å². The first kappa shape index (κ1) is 12.9. The summed E-state index contributed by atoms with van der Waals surface area (Å²) in [6, 6.07) is 4.04. The van der Waals surface area contributed by atoms with Gasteiger partial charge in [-0.15, -0.1) is 0 Å². The van der Waals surface area contributed by atoms with E-state index in [1.54, 1.807) is 11.3 Å². The minimum absolute atomic E-state index is 0.0650. The summed E-state index contributed by atoms with van der Waals surface area (Å²) >= 11 is 1.54. The molecular weight excluding hydrogens is 272 g/mol. The Bertz CT molecular complexity index is 665. The van der Waals surface area contributed by atoms with Crippen molar-refractivity contribution in [3.05, 3.63) is 45.2 Å². The van der Waals surface area contributed by atoms with Gasteiger partial charge in [-0.05, 0) is 28.3 Å². The SMILES string of the molecule is C[C@@H]1CC(=O)C2=C(C1)OC(N)=C(C#N)[C@@H]2c1ccsc1. The second kappa shape index (κ2) is 4.80. The summed E-state index contributed by atoms with van der Waals surface area (Å²) in [5.74, 6) is 0.719. The van der Waals surface area contributed by atoms with Crippen LogP contribution >= 0.6 is 11.3 Å². The summed E-state index contributed by atoms with van der Waals surface area (Å²) in [4.78, 5) is 12.4. The van der Waals surface area contributed by atoms with Gasteiger partial charge < -0.3 is 10.5 Å². The Morgan fingerprint density at radius 2 is 2.30 bits per heavy atom. The van der Waals surface area contributed by atoms with Crippen LogP contribution in [0.2, 0.25) is 0 Å². The number of carbonyl (C=O) groups is 1. The first-order valence-electron chi connectivity index (χ1n) is 6.47. The van der Waals surface area contributed by atoms with Gasteiger partial charge in [-0.1, -0.05) is 6.92 Å². The molecule has 0 unspecified atom stereocenters. The zero-order chi connectivity index (χ0) is 14.3. The number of thiophene rings is 1. The number of nitrogens with zero attached hydrogens (tertiary/aromatic N) is 1. The highest BCUT2D eigenvalue weighted by atomic mass is 32.1. The van der Waals surface area contributed by atoms with Crippen molar-refractivity contribution in [3.8, 4) is 6.07 Å². The molecule has 0 radical (unpaired) electrons. The molecule has 2 aliphatic rings. The maximum Gasteiger partial charge on any atom is 0.205 e. The fraction of sp³-hybridized carbons (Fsp3) is 0.333. The van der Waals surface area contributed by atoms with Gasteiger partial charge in [0.05, 0.1) is 5.92 Å². The molecule has 4 nitrogen and oxygen atoms in total. The number of nitrogens with two attached hydrogens (primary N) is 1. The van der Waals surface area contributed by atoms with Gasteiger partial charge in [0, 0.05) is 18.4 Å². The van der Waals surface area contributed by atoms with E-state index in [1.807, 2.05) is 23.8 Å². The van der Waals surface area contributed by atoms with Gasteiger partial charge in [-0.2, -0.15) is 16.6 Å². The van der Waals surface area contributed by atoms with E-state index in [0.717, 1.165) is 5.56 Å². The number of hydrogen-bond donors (Lipinski definition) is 1. The van der Waals surface area contributed by atoms with Gasteiger partial charge in [0.15, 0.2) is 5.78 Å². The van der Waals surface area contributed by atoms with Gasteiger partial charge in [-0.3, -0.25) is 4.79 Å². The molecule has 1 aromatic rings. The van der Waals surface area contributed by atoms with Crippen molar-refractivity contribution in [1.82, 2.24) is 0 Å². The fourth-order valence-electron chi connectivity index (χ4n) is 2.87. The molecule has 2 atom stereocenters. The molecule has 0 fully saturated rings. The van der Waals surface area contributed by atoms with Crippen LogP contribution in [0.4, 0.5) is 0 Å². The Labute approximate surface area is 121 Å². The highest BCUT2D eigenvalue weighted by Crippen LogP contribution is 2.44. The van der Waals surface area contributed by atoms with Gasteiger partial charge in [0.1, 0.15) is 17.4 Å². The van der Waals surface area contributed by atoms with Crippen molar-refractivity contribution < 1.29 is 9.53 Å². The molecule has 0 amide bonds. The third-order valence-corrected chi connectivity index (χ3v) is 4.44. The zero-order valence-corrected chi connectivity index (χ0v) is 11.9. The Morgan fingerprint density at radius 3 is 2.95 bits per heavy atom. The number of rotatable bonds is 1. The quantitative estimate of drug-likeness (QED) is 0.861. The van der Waals surface area contributed by atoms with Crippen molar-refractivity contribution in [3.63, 3.8) is 0 Å². The predicted molar refractivity (Wildman–Crippen MR) is 75.4 cm³/mol. The summed E-state index contributed by atoms with van der Waals surface area (Å²) in [5, 5.41) is 13.3. The predicted octanol–water partition coefficient (Wildman–Crippen LogP) is 2.81. The van der Waals surface area contributed by atoms with E-state index in [2.05, 4.69) is 6.07 Å². The van der Waals surface area contributed by atoms with Crippen LogP contribution in [0, 0.1) is 17.2 Å². The van der Waals surface area contributed by atoms with E-state index in [1.165, 1.54) is 0 Å². The molecule has 0 spiro atoms. The highest BCUT2D eigenvalue weighted by Gasteiger charge is 2.39. The normalized spacial score (nSPS) is 26.1. The lowest BCUT2D eigenvalue weighted by Gasteiger charge is -2.32. The fourth-order valence-corrected chi connectivity index (χ4v) is 3.55. The molecule has 0 saturated carbocycles. The number of ketones is 1. The second-order valence-electron chi connectivity index (χ2n) is 5.25. The van der Waals surface area contributed by atoms with Gasteiger partial charge in [-0.25, -0.2) is 0 Å². The van der Waals surface area contributed by atoms with Crippen LogP contribution in [0.5, 0.6) is 0 Å². The largest absolute Gasteiger partial charge is 0.444 e. The number of Topliss-reactive ketones (excluding diaryl/α,β-unsaturated/α-hetero) is 1. The van der Waals surface area contributed by atoms with Crippen LogP contribution in [-0.2, 0) is 9.53 Å². The minimum atomic E-state index is -0.366. The van der Waals surface area contributed by atoms with Gasteiger partial charge in [0.25, 0.3) is 0 Å². The average Bonchev–Trinajstić information content (AvgIpc) is 2.90. The van der Waals surface area contributed by atoms with Crippen molar-refractivity contribution in [2.75, 3.05) is 0 Å². The first-order chi connectivity index (χ1) is 9.61. The molecule has 0 bridgehead atoms. The minimum Gasteiger partial charge on any atom is -0.444 e. The van der Waals surface area contributed by atoms with Crippen LogP contribution in [0.3, 0.4) is 0 Å². The average molecular weight is 286 g/mol. The lowest BCUT2D eigenvalue weighted by atomic mass is 9.76. The lowest BCUT2D eigenvalue weighted by Crippen LogP contribution is -2.29. The third kappa shape index (κ3) is 1.93. The molecule has 102 valence electrons. The van der Waals surface area contributed by atoms with E-state index in [-0.39, 0.29) is 23.5 Å². The Balaban J connectivity index is 2.16. The number of ether oxygens (including phenoxy) is 1. The smallest absolute Gasteiger partial charge is 0.205 e. The summed E-state index contributed by atoms with van der Waals surface area (Å²) in [5.41, 5.74) is 7.77. The van der Waals surface area contributed by atoms with Crippen LogP contribution in [-0.4, -0.2) is 5.78 Å². The first-order valence-corrected chi connectivity index (χ1v) is 7.42. The Kier molecular flexibility index (Phi) is 3.11. The van der Waals surface area contributed by atoms with Crippen LogP contribution in [0.25, 0.3) is 0 Å². The monoisotopic (exact) mass is 286 g/mol. The Morgan fingerprint density at radius 1 is 1.50 bits per heavy atom. The van der Waals surface area contributed by atoms with E-state index in [4.69, 9.17) is 10.5 Å². The van der Waals surface area contributed by atoms with Crippen LogP contribution < -0.4 is 5.73 Å². The number of allylic oxidation sites excluding steroid dienone is 3. The summed E-state index contributed by atoms with van der Waals surface area (Å²) < 4.78 is 5.56. The summed E-state index contributed by atoms with van der Waals surface area (Å²) in [6.07, 6.45) is 1.20. The van der Waals surface area contributed by atoms with Crippen molar-refractivity contribution in [1.29, 1.82) is 5.26 Å². The molecule has 0 aromatic carbocycles. The van der Waals surface area contributed by atoms with Gasteiger partial charge in [0.2, 0.25) is 5.88 Å². The molecule has 1 aliphatic heterocycles. The van der Waals surface area contributed by atoms with Crippen molar-refractivity contribution in [2.45, 2.75) is 25.7 Å². The highest BCUT2D eigenvalue weighted by molar-refractivity contribution is 7.08. The maximum atomic E-state index is 12.4. The number of nitriles is 1. The van der Waals surface area contributed by atoms with Crippen molar-refractivity contribution >= 4 is 17.1 Å². The molecule has 0 saturated heterocycles. The zero-order valence-electron chi connectivity index (χ0n) is 11.1. The second-order valence-corrected chi connectivity index (χ2v) is 6.03. The van der Waals surface area contributed by atoms with E-state index in [9.17, 15) is 10.1 Å². The summed E-state index contributed by atoms with van der Waals surface area (Å²) in [6.45, 7) is 2.02. The molecular formula is C15H14N2O2S. The van der Waals surface area contributed by atoms with Gasteiger partial charge >= 0.3 is 0 Å². The van der Waals surface area contributed by atoms with E-state index >= 15 is 0 Å². The third-order valence-electron chi connectivity index (χ3n) is 3.74. The van der Waals surface area contributed by atoms with Crippen LogP contribution in [0.15, 0.2) is 39.6 Å². The Hall–Kier alpha value is -2.06. The molecule has 3 rings (SSSR count). The molecule has 1 aromatic heterocycles. The lowest BCUT2D eigenvalue weighted by molar-refractivity contribution is -0.117.